The van der Waals surface area contributed by atoms with Gasteiger partial charge in [0.05, 0.1) is 13.2 Å². The standard InChI is InChI=1S/C8H8FNO2/c9-7-2-1-3-10-8(7)12-6-4-11-5-6/h1-3,6H,4-5H2. The van der Waals surface area contributed by atoms with Crippen LogP contribution in [0, 0.1) is 5.82 Å². The van der Waals surface area contributed by atoms with Crippen LogP contribution in [-0.2, 0) is 4.74 Å². The van der Waals surface area contributed by atoms with Crippen LogP contribution < -0.4 is 4.74 Å². The molecule has 12 heavy (non-hydrogen) atoms. The lowest BCUT2D eigenvalue weighted by Gasteiger charge is -2.25. The lowest BCUT2D eigenvalue weighted by atomic mass is 10.3. The van der Waals surface area contributed by atoms with Crippen molar-refractivity contribution in [2.45, 2.75) is 6.10 Å². The van der Waals surface area contributed by atoms with Crippen molar-refractivity contribution in [3.63, 3.8) is 0 Å². The summed E-state index contributed by atoms with van der Waals surface area (Å²) in [4.78, 5) is 3.75. The Hall–Kier alpha value is -1.16. The van der Waals surface area contributed by atoms with Gasteiger partial charge < -0.3 is 9.47 Å². The maximum absolute atomic E-state index is 12.9. The molecule has 1 aliphatic rings. The van der Waals surface area contributed by atoms with Crippen LogP contribution >= 0.6 is 0 Å². The summed E-state index contributed by atoms with van der Waals surface area (Å²) < 4.78 is 22.9. The van der Waals surface area contributed by atoms with Crippen molar-refractivity contribution in [1.82, 2.24) is 4.98 Å². The highest BCUT2D eigenvalue weighted by atomic mass is 19.1. The van der Waals surface area contributed by atoms with Crippen LogP contribution in [-0.4, -0.2) is 24.3 Å². The molecule has 0 saturated carbocycles. The third-order valence-electron chi connectivity index (χ3n) is 1.61. The number of aromatic nitrogens is 1. The number of nitrogens with zero attached hydrogens (tertiary/aromatic N) is 1. The Balaban J connectivity index is 2.06. The summed E-state index contributed by atoms with van der Waals surface area (Å²) in [6.45, 7) is 1.05. The molecule has 0 aromatic carbocycles. The van der Waals surface area contributed by atoms with Crippen LogP contribution in [0.2, 0.25) is 0 Å². The van der Waals surface area contributed by atoms with Gasteiger partial charge in [-0.2, -0.15) is 0 Å². The van der Waals surface area contributed by atoms with E-state index in [2.05, 4.69) is 4.98 Å². The molecule has 2 heterocycles. The molecule has 0 atom stereocenters. The van der Waals surface area contributed by atoms with Gasteiger partial charge in [-0.25, -0.2) is 9.37 Å². The smallest absolute Gasteiger partial charge is 0.250 e. The van der Waals surface area contributed by atoms with E-state index in [0.29, 0.717) is 13.2 Å². The van der Waals surface area contributed by atoms with E-state index in [-0.39, 0.29) is 12.0 Å². The quantitative estimate of drug-likeness (QED) is 0.661. The Morgan fingerprint density at radius 1 is 1.58 bits per heavy atom. The molecule has 0 unspecified atom stereocenters. The minimum Gasteiger partial charge on any atom is -0.467 e. The van der Waals surface area contributed by atoms with E-state index < -0.39 is 5.82 Å². The van der Waals surface area contributed by atoms with Gasteiger partial charge in [0.25, 0.3) is 5.88 Å². The number of hydrogen-bond donors (Lipinski definition) is 0. The molecule has 0 spiro atoms. The van der Waals surface area contributed by atoms with Crippen LogP contribution in [0.5, 0.6) is 5.88 Å². The van der Waals surface area contributed by atoms with E-state index in [9.17, 15) is 4.39 Å². The molecule has 64 valence electrons. The number of rotatable bonds is 2. The van der Waals surface area contributed by atoms with Crippen molar-refractivity contribution < 1.29 is 13.9 Å². The third kappa shape index (κ3) is 1.38. The molecule has 1 aromatic rings. The first-order valence-corrected chi connectivity index (χ1v) is 3.71. The maximum atomic E-state index is 12.9. The molecule has 1 aromatic heterocycles. The Morgan fingerprint density at radius 2 is 2.42 bits per heavy atom. The molecule has 4 heteroatoms. The fraction of sp³-hybridized carbons (Fsp3) is 0.375. The van der Waals surface area contributed by atoms with Crippen LogP contribution in [0.3, 0.4) is 0 Å². The highest BCUT2D eigenvalue weighted by molar-refractivity contribution is 5.13. The van der Waals surface area contributed by atoms with Crippen LogP contribution in [0.15, 0.2) is 18.3 Å². The van der Waals surface area contributed by atoms with Crippen molar-refractivity contribution in [2.75, 3.05) is 13.2 Å². The second kappa shape index (κ2) is 3.06. The molecule has 1 saturated heterocycles. The third-order valence-corrected chi connectivity index (χ3v) is 1.61. The van der Waals surface area contributed by atoms with Gasteiger partial charge in [0.1, 0.15) is 6.10 Å². The summed E-state index contributed by atoms with van der Waals surface area (Å²) in [5, 5.41) is 0. The second-order valence-corrected chi connectivity index (χ2v) is 2.57. The fourth-order valence-electron chi connectivity index (χ4n) is 0.898. The topological polar surface area (TPSA) is 31.4 Å². The molecular weight excluding hydrogens is 161 g/mol. The molecule has 0 bridgehead atoms. The van der Waals surface area contributed by atoms with E-state index in [0.717, 1.165) is 0 Å². The molecule has 1 fully saturated rings. The lowest BCUT2D eigenvalue weighted by molar-refractivity contribution is -0.0826. The Kier molecular flexibility index (Phi) is 1.91. The van der Waals surface area contributed by atoms with E-state index in [4.69, 9.17) is 9.47 Å². The second-order valence-electron chi connectivity index (χ2n) is 2.57. The number of ether oxygens (including phenoxy) is 2. The maximum Gasteiger partial charge on any atom is 0.250 e. The Labute approximate surface area is 69.1 Å². The van der Waals surface area contributed by atoms with Gasteiger partial charge in [0.2, 0.25) is 0 Å². The van der Waals surface area contributed by atoms with E-state index in [1.165, 1.54) is 18.3 Å². The summed E-state index contributed by atoms with van der Waals surface area (Å²) >= 11 is 0. The zero-order valence-corrected chi connectivity index (χ0v) is 6.37. The summed E-state index contributed by atoms with van der Waals surface area (Å²) in [6.07, 6.45) is 1.46. The zero-order chi connectivity index (χ0) is 8.39. The predicted octanol–water partition coefficient (Wildman–Crippen LogP) is 0.998. The van der Waals surface area contributed by atoms with Crippen LogP contribution in [0.4, 0.5) is 4.39 Å². The van der Waals surface area contributed by atoms with Crippen molar-refractivity contribution in [3.05, 3.63) is 24.1 Å². The van der Waals surface area contributed by atoms with Gasteiger partial charge >= 0.3 is 0 Å². The van der Waals surface area contributed by atoms with E-state index in [1.807, 2.05) is 0 Å². The van der Waals surface area contributed by atoms with Crippen molar-refractivity contribution >= 4 is 0 Å². The molecule has 0 aliphatic carbocycles. The van der Waals surface area contributed by atoms with Crippen molar-refractivity contribution in [2.24, 2.45) is 0 Å². The number of halogens is 1. The molecule has 2 rings (SSSR count). The summed E-state index contributed by atoms with van der Waals surface area (Å²) in [7, 11) is 0. The summed E-state index contributed by atoms with van der Waals surface area (Å²) in [5.74, 6) is -0.366. The van der Waals surface area contributed by atoms with Gasteiger partial charge in [-0.05, 0) is 12.1 Å². The Morgan fingerprint density at radius 3 is 3.00 bits per heavy atom. The molecule has 0 N–H and O–H groups in total. The highest BCUT2D eigenvalue weighted by Gasteiger charge is 2.21. The monoisotopic (exact) mass is 169 g/mol. The number of pyridine rings is 1. The fourth-order valence-corrected chi connectivity index (χ4v) is 0.898. The molecule has 3 nitrogen and oxygen atoms in total. The minimum atomic E-state index is -0.426. The highest BCUT2D eigenvalue weighted by Crippen LogP contribution is 2.16. The average molecular weight is 169 g/mol. The van der Waals surface area contributed by atoms with Gasteiger partial charge in [0.15, 0.2) is 5.82 Å². The van der Waals surface area contributed by atoms with Gasteiger partial charge in [-0.15, -0.1) is 0 Å². The molecule has 0 amide bonds. The minimum absolute atomic E-state index is 0.0330. The van der Waals surface area contributed by atoms with E-state index >= 15 is 0 Å². The van der Waals surface area contributed by atoms with Crippen LogP contribution in [0.1, 0.15) is 0 Å². The van der Waals surface area contributed by atoms with E-state index in [1.54, 1.807) is 0 Å². The Bertz CT molecular complexity index is 276. The first-order valence-electron chi connectivity index (χ1n) is 3.71. The summed E-state index contributed by atoms with van der Waals surface area (Å²) in [6, 6.07) is 2.85. The number of hydrogen-bond acceptors (Lipinski definition) is 3. The average Bonchev–Trinajstić information content (AvgIpc) is 2.00. The normalized spacial score (nSPS) is 17.1. The SMILES string of the molecule is Fc1cccnc1OC1COC1. The molecule has 0 radical (unpaired) electrons. The first-order chi connectivity index (χ1) is 5.86. The van der Waals surface area contributed by atoms with Crippen LogP contribution in [0.25, 0.3) is 0 Å². The van der Waals surface area contributed by atoms with Crippen molar-refractivity contribution in [1.29, 1.82) is 0 Å². The van der Waals surface area contributed by atoms with Gasteiger partial charge in [-0.1, -0.05) is 0 Å². The predicted molar refractivity (Wildman–Crippen MR) is 39.4 cm³/mol. The van der Waals surface area contributed by atoms with Gasteiger partial charge in [-0.3, -0.25) is 0 Å². The molecular formula is C8H8FNO2. The molecule has 1 aliphatic heterocycles. The first kappa shape index (κ1) is 7.49. The largest absolute Gasteiger partial charge is 0.467 e. The zero-order valence-electron chi connectivity index (χ0n) is 6.37. The summed E-state index contributed by atoms with van der Waals surface area (Å²) in [5.41, 5.74) is 0. The lowest BCUT2D eigenvalue weighted by Crippen LogP contribution is -2.38. The van der Waals surface area contributed by atoms with Gasteiger partial charge in [0, 0.05) is 6.20 Å². The van der Waals surface area contributed by atoms with Crippen molar-refractivity contribution in [3.8, 4) is 5.88 Å².